The molecule has 0 fully saturated rings. The molecule has 24 heavy (non-hydrogen) atoms. The van der Waals surface area contributed by atoms with Gasteiger partial charge in [-0.25, -0.2) is 12.8 Å². The number of aryl methyl sites for hydroxylation is 1. The first-order valence-corrected chi connectivity index (χ1v) is 8.35. The van der Waals surface area contributed by atoms with Gasteiger partial charge in [0.15, 0.2) is 0 Å². The number of hydrogen-bond donors (Lipinski definition) is 0. The van der Waals surface area contributed by atoms with Gasteiger partial charge in [0, 0.05) is 12.1 Å². The van der Waals surface area contributed by atoms with Crippen molar-refractivity contribution in [3.63, 3.8) is 0 Å². The van der Waals surface area contributed by atoms with Crippen LogP contribution in [0.15, 0.2) is 60.0 Å². The topological polar surface area (TPSA) is 80.5 Å². The molecule has 0 atom stereocenters. The molecule has 0 spiro atoms. The van der Waals surface area contributed by atoms with Crippen LogP contribution >= 0.6 is 0 Å². The van der Waals surface area contributed by atoms with Gasteiger partial charge in [-0.3, -0.25) is 14.4 Å². The number of nitro benzene ring substituents is 1. The van der Waals surface area contributed by atoms with E-state index in [1.807, 2.05) is 0 Å². The van der Waals surface area contributed by atoms with Crippen molar-refractivity contribution in [2.75, 3.05) is 10.8 Å². The van der Waals surface area contributed by atoms with Crippen LogP contribution in [-0.2, 0) is 10.0 Å². The van der Waals surface area contributed by atoms with Gasteiger partial charge in [-0.15, -0.1) is 6.58 Å². The van der Waals surface area contributed by atoms with Gasteiger partial charge in [0.2, 0.25) is 0 Å². The van der Waals surface area contributed by atoms with Gasteiger partial charge in [-0.2, -0.15) is 0 Å². The van der Waals surface area contributed by atoms with E-state index in [1.165, 1.54) is 43.3 Å². The third-order valence-electron chi connectivity index (χ3n) is 3.34. The Bertz CT molecular complexity index is 897. The normalized spacial score (nSPS) is 11.1. The van der Waals surface area contributed by atoms with Gasteiger partial charge in [0.1, 0.15) is 5.82 Å². The van der Waals surface area contributed by atoms with Gasteiger partial charge in [-0.05, 0) is 30.7 Å². The molecule has 0 saturated heterocycles. The van der Waals surface area contributed by atoms with Crippen LogP contribution in [0, 0.1) is 22.9 Å². The molecule has 2 aromatic carbocycles. The zero-order valence-corrected chi connectivity index (χ0v) is 13.7. The molecule has 0 unspecified atom stereocenters. The van der Waals surface area contributed by atoms with E-state index in [2.05, 4.69) is 6.58 Å². The maximum atomic E-state index is 13.5. The van der Waals surface area contributed by atoms with Crippen LogP contribution < -0.4 is 4.31 Å². The quantitative estimate of drug-likeness (QED) is 0.454. The highest BCUT2D eigenvalue weighted by Gasteiger charge is 2.27. The van der Waals surface area contributed by atoms with Crippen LogP contribution in [0.4, 0.5) is 15.8 Å². The lowest BCUT2D eigenvalue weighted by molar-refractivity contribution is -0.385. The summed E-state index contributed by atoms with van der Waals surface area (Å²) in [7, 11) is -4.13. The Morgan fingerprint density at radius 1 is 1.29 bits per heavy atom. The van der Waals surface area contributed by atoms with E-state index >= 15 is 0 Å². The fraction of sp³-hybridized carbons (Fsp3) is 0.125. The largest absolute Gasteiger partial charge is 0.270 e. The van der Waals surface area contributed by atoms with Crippen molar-refractivity contribution in [2.24, 2.45) is 0 Å². The molecule has 0 radical (unpaired) electrons. The number of anilines is 1. The fourth-order valence-corrected chi connectivity index (χ4v) is 3.86. The molecule has 0 aliphatic heterocycles. The molecular weight excluding hydrogens is 335 g/mol. The van der Waals surface area contributed by atoms with Crippen LogP contribution in [-0.4, -0.2) is 19.9 Å². The molecule has 126 valence electrons. The summed E-state index contributed by atoms with van der Waals surface area (Å²) in [5, 5.41) is 10.9. The van der Waals surface area contributed by atoms with Gasteiger partial charge in [0.25, 0.3) is 15.7 Å². The van der Waals surface area contributed by atoms with Gasteiger partial charge >= 0.3 is 0 Å². The lowest BCUT2D eigenvalue weighted by Gasteiger charge is -2.24. The van der Waals surface area contributed by atoms with Gasteiger partial charge in [-0.1, -0.05) is 18.2 Å². The average molecular weight is 350 g/mol. The van der Waals surface area contributed by atoms with Crippen molar-refractivity contribution in [2.45, 2.75) is 11.8 Å². The monoisotopic (exact) mass is 350 g/mol. The molecule has 6 nitrogen and oxygen atoms in total. The first kappa shape index (κ1) is 17.6. The smallest absolute Gasteiger partial charge is 0.262 e. The van der Waals surface area contributed by atoms with E-state index in [9.17, 15) is 22.9 Å². The number of non-ortho nitro benzene ring substituents is 1. The molecule has 8 heteroatoms. The summed E-state index contributed by atoms with van der Waals surface area (Å²) < 4.78 is 40.4. The molecule has 0 heterocycles. The summed E-state index contributed by atoms with van der Waals surface area (Å²) in [5.74, 6) is -0.590. The second kappa shape index (κ2) is 6.79. The van der Waals surface area contributed by atoms with Crippen molar-refractivity contribution in [3.8, 4) is 0 Å². The minimum absolute atomic E-state index is 0.103. The number of benzene rings is 2. The zero-order valence-electron chi connectivity index (χ0n) is 12.8. The van der Waals surface area contributed by atoms with Crippen molar-refractivity contribution in [1.82, 2.24) is 0 Å². The number of sulfonamides is 1. The van der Waals surface area contributed by atoms with E-state index in [-0.39, 0.29) is 22.8 Å². The van der Waals surface area contributed by atoms with Crippen LogP contribution in [0.5, 0.6) is 0 Å². The Hall–Kier alpha value is -2.74. The Morgan fingerprint density at radius 2 is 2.00 bits per heavy atom. The molecule has 0 bridgehead atoms. The van der Waals surface area contributed by atoms with Crippen LogP contribution in [0.2, 0.25) is 0 Å². The third-order valence-corrected chi connectivity index (χ3v) is 5.28. The molecule has 0 amide bonds. The lowest BCUT2D eigenvalue weighted by Crippen LogP contribution is -2.31. The highest BCUT2D eigenvalue weighted by Crippen LogP contribution is 2.28. The maximum absolute atomic E-state index is 13.5. The molecule has 2 aromatic rings. The summed E-state index contributed by atoms with van der Waals surface area (Å²) in [6, 6.07) is 8.69. The van der Waals surface area contributed by atoms with Gasteiger partial charge in [0.05, 0.1) is 22.1 Å². The van der Waals surface area contributed by atoms with Crippen molar-refractivity contribution in [3.05, 3.63) is 76.6 Å². The summed E-state index contributed by atoms with van der Waals surface area (Å²) in [4.78, 5) is 10.1. The summed E-state index contributed by atoms with van der Waals surface area (Å²) in [5.41, 5.74) is 0.129. The molecule has 0 aliphatic rings. The summed E-state index contributed by atoms with van der Waals surface area (Å²) >= 11 is 0. The molecule has 0 saturated carbocycles. The van der Waals surface area contributed by atoms with E-state index < -0.39 is 20.8 Å². The standard InChI is InChI=1S/C16H15FN2O4S/c1-3-9-18(14-6-4-5-13(17)10-14)24(22,23)16-11-15(19(20)21)8-7-12(16)2/h3-8,10-11H,1,9H2,2H3. The molecule has 0 aromatic heterocycles. The van der Waals surface area contributed by atoms with Gasteiger partial charge < -0.3 is 0 Å². The summed E-state index contributed by atoms with van der Waals surface area (Å²) in [6.07, 6.45) is 1.36. The number of halogens is 1. The number of rotatable bonds is 6. The second-order valence-electron chi connectivity index (χ2n) is 5.01. The predicted molar refractivity (Wildman–Crippen MR) is 89.0 cm³/mol. The van der Waals surface area contributed by atoms with Crippen LogP contribution in [0.3, 0.4) is 0 Å². The third kappa shape index (κ3) is 3.43. The van der Waals surface area contributed by atoms with Crippen LogP contribution in [0.25, 0.3) is 0 Å². The maximum Gasteiger partial charge on any atom is 0.270 e. The number of nitro groups is 1. The van der Waals surface area contributed by atoms with E-state index in [4.69, 9.17) is 0 Å². The van der Waals surface area contributed by atoms with E-state index in [1.54, 1.807) is 0 Å². The zero-order chi connectivity index (χ0) is 17.9. The van der Waals surface area contributed by atoms with E-state index in [0.717, 1.165) is 16.4 Å². The van der Waals surface area contributed by atoms with Crippen molar-refractivity contribution in [1.29, 1.82) is 0 Å². The molecule has 0 aliphatic carbocycles. The van der Waals surface area contributed by atoms with E-state index in [0.29, 0.717) is 5.56 Å². The first-order chi connectivity index (χ1) is 11.3. The highest BCUT2D eigenvalue weighted by atomic mass is 32.2. The lowest BCUT2D eigenvalue weighted by atomic mass is 10.2. The Balaban J connectivity index is 2.63. The summed E-state index contributed by atoms with van der Waals surface area (Å²) in [6.45, 7) is 4.95. The SMILES string of the molecule is C=CCN(c1cccc(F)c1)S(=O)(=O)c1cc([N+](=O)[O-])ccc1C. The highest BCUT2D eigenvalue weighted by molar-refractivity contribution is 7.92. The Kier molecular flexibility index (Phi) is 4.99. The average Bonchev–Trinajstić information content (AvgIpc) is 2.52. The van der Waals surface area contributed by atoms with Crippen molar-refractivity contribution >= 4 is 21.4 Å². The minimum Gasteiger partial charge on any atom is -0.262 e. The first-order valence-electron chi connectivity index (χ1n) is 6.91. The number of nitrogens with zero attached hydrogens (tertiary/aromatic N) is 2. The predicted octanol–water partition coefficient (Wildman–Crippen LogP) is 3.42. The fourth-order valence-electron chi connectivity index (χ4n) is 2.19. The number of hydrogen-bond acceptors (Lipinski definition) is 4. The second-order valence-corrected chi connectivity index (χ2v) is 6.84. The van der Waals surface area contributed by atoms with Crippen molar-refractivity contribution < 1.29 is 17.7 Å². The van der Waals surface area contributed by atoms with Crippen LogP contribution in [0.1, 0.15) is 5.56 Å². The molecule has 2 rings (SSSR count). The molecule has 0 N–H and O–H groups in total. The Morgan fingerprint density at radius 3 is 2.58 bits per heavy atom. The molecular formula is C16H15FN2O4S. The Labute approximate surface area is 139 Å². The minimum atomic E-state index is -4.13.